The zero-order chi connectivity index (χ0) is 28.8. The summed E-state index contributed by atoms with van der Waals surface area (Å²) < 4.78 is 66.3. The van der Waals surface area contributed by atoms with Crippen molar-refractivity contribution in [2.45, 2.75) is 168 Å². The average molecular weight is 589 g/mol. The van der Waals surface area contributed by atoms with Gasteiger partial charge in [-0.05, 0) is 12.8 Å². The van der Waals surface area contributed by atoms with Crippen molar-refractivity contribution in [2.24, 2.45) is 0 Å². The zero-order valence-electron chi connectivity index (χ0n) is 24.5. The number of unbranched alkanes of at least 4 members (excludes halogenated alkanes) is 22. The molecule has 0 fully saturated rings. The van der Waals surface area contributed by atoms with Crippen LogP contribution in [0.25, 0.3) is 0 Å². The molecular formula is C28H60O8S2. The van der Waals surface area contributed by atoms with E-state index in [4.69, 9.17) is 9.11 Å². The molecule has 0 saturated heterocycles. The Bertz CT molecular complexity index is 608. The predicted octanol–water partition coefficient (Wildman–Crippen LogP) is 9.01. The molecule has 0 unspecified atom stereocenters. The Kier molecular flexibility index (Phi) is 31.2. The Labute approximate surface area is 236 Å². The van der Waals surface area contributed by atoms with Crippen LogP contribution in [0.2, 0.25) is 0 Å². The molecule has 0 saturated carbocycles. The van der Waals surface area contributed by atoms with Crippen molar-refractivity contribution in [3.8, 4) is 0 Å². The summed E-state index contributed by atoms with van der Waals surface area (Å²) >= 11 is 0. The van der Waals surface area contributed by atoms with Crippen molar-refractivity contribution >= 4 is 20.8 Å². The van der Waals surface area contributed by atoms with Gasteiger partial charge >= 0.3 is 20.8 Å². The molecule has 0 aromatic carbocycles. The molecular weight excluding hydrogens is 528 g/mol. The molecule has 38 heavy (non-hydrogen) atoms. The minimum absolute atomic E-state index is 0.0935. The van der Waals surface area contributed by atoms with Crippen molar-refractivity contribution < 1.29 is 34.3 Å². The van der Waals surface area contributed by atoms with Crippen LogP contribution in [0.1, 0.15) is 168 Å². The highest BCUT2D eigenvalue weighted by Crippen LogP contribution is 2.13. The van der Waals surface area contributed by atoms with Crippen LogP contribution >= 0.6 is 0 Å². The first kappa shape index (κ1) is 39.9. The molecule has 0 aliphatic heterocycles. The third-order valence-corrected chi connectivity index (χ3v) is 7.39. The average Bonchev–Trinajstić information content (AvgIpc) is 2.84. The van der Waals surface area contributed by atoms with Crippen molar-refractivity contribution in [2.75, 3.05) is 13.2 Å². The lowest BCUT2D eigenvalue weighted by atomic mass is 10.1. The van der Waals surface area contributed by atoms with Gasteiger partial charge in [-0.15, -0.1) is 0 Å². The fraction of sp³-hybridized carbons (Fsp3) is 1.00. The molecule has 0 aromatic heterocycles. The SMILES string of the molecule is CCCCCCCCCCCCCCOS(=O)(=O)O.CCCCCCCCCCCCCCOS(=O)(=O)O. The highest BCUT2D eigenvalue weighted by Gasteiger charge is 2.03. The Morgan fingerprint density at radius 3 is 0.737 bits per heavy atom. The standard InChI is InChI=1S/2C14H30O4S/c2*1-2-3-4-5-6-7-8-9-10-11-12-13-14-18-19(15,16)17/h2*2-14H2,1H3,(H,15,16,17). The van der Waals surface area contributed by atoms with E-state index >= 15 is 0 Å². The van der Waals surface area contributed by atoms with Gasteiger partial charge in [0.2, 0.25) is 0 Å². The summed E-state index contributed by atoms with van der Waals surface area (Å²) in [5, 5.41) is 0. The van der Waals surface area contributed by atoms with E-state index in [1.54, 1.807) is 0 Å². The Morgan fingerprint density at radius 2 is 0.553 bits per heavy atom. The van der Waals surface area contributed by atoms with Crippen LogP contribution in [0.5, 0.6) is 0 Å². The van der Waals surface area contributed by atoms with Crippen LogP contribution in [-0.2, 0) is 29.2 Å². The van der Waals surface area contributed by atoms with Crippen LogP contribution < -0.4 is 0 Å². The van der Waals surface area contributed by atoms with Gasteiger partial charge in [0.05, 0.1) is 13.2 Å². The molecule has 0 heterocycles. The first-order valence-electron chi connectivity index (χ1n) is 15.4. The van der Waals surface area contributed by atoms with Gasteiger partial charge in [-0.25, -0.2) is 8.37 Å². The van der Waals surface area contributed by atoms with Crippen molar-refractivity contribution in [3.05, 3.63) is 0 Å². The molecule has 2 N–H and O–H groups in total. The molecule has 0 amide bonds. The molecule has 0 aliphatic rings. The van der Waals surface area contributed by atoms with Gasteiger partial charge in [-0.3, -0.25) is 9.11 Å². The third kappa shape index (κ3) is 42.8. The summed E-state index contributed by atoms with van der Waals surface area (Å²) in [6.07, 6.45) is 29.4. The molecule has 0 radical (unpaired) electrons. The van der Waals surface area contributed by atoms with E-state index in [2.05, 4.69) is 22.2 Å². The molecule has 0 rings (SSSR count). The lowest BCUT2D eigenvalue weighted by Gasteiger charge is -2.02. The molecule has 8 nitrogen and oxygen atoms in total. The smallest absolute Gasteiger partial charge is 0.264 e. The number of rotatable bonds is 28. The van der Waals surface area contributed by atoms with E-state index in [9.17, 15) is 16.8 Å². The summed E-state index contributed by atoms with van der Waals surface area (Å²) in [5.41, 5.74) is 0. The Balaban J connectivity index is 0. The van der Waals surface area contributed by atoms with E-state index in [1.165, 1.54) is 116 Å². The van der Waals surface area contributed by atoms with Gasteiger partial charge in [0.15, 0.2) is 0 Å². The second-order valence-corrected chi connectivity index (χ2v) is 12.5. The lowest BCUT2D eigenvalue weighted by Crippen LogP contribution is -2.04. The first-order valence-corrected chi connectivity index (χ1v) is 18.1. The maximum absolute atomic E-state index is 10.3. The fourth-order valence-corrected chi connectivity index (χ4v) is 4.87. The quantitative estimate of drug-likeness (QED) is 0.0684. The summed E-state index contributed by atoms with van der Waals surface area (Å²) in [4.78, 5) is 0. The number of hydrogen-bond donors (Lipinski definition) is 2. The minimum atomic E-state index is -4.24. The maximum Gasteiger partial charge on any atom is 0.397 e. The van der Waals surface area contributed by atoms with Gasteiger partial charge < -0.3 is 0 Å². The van der Waals surface area contributed by atoms with E-state index in [0.29, 0.717) is 12.8 Å². The Morgan fingerprint density at radius 1 is 0.368 bits per heavy atom. The molecule has 0 bridgehead atoms. The van der Waals surface area contributed by atoms with Crippen molar-refractivity contribution in [1.29, 1.82) is 0 Å². The largest absolute Gasteiger partial charge is 0.397 e. The van der Waals surface area contributed by atoms with Gasteiger partial charge in [0, 0.05) is 0 Å². The van der Waals surface area contributed by atoms with E-state index < -0.39 is 20.8 Å². The van der Waals surface area contributed by atoms with Crippen molar-refractivity contribution in [3.63, 3.8) is 0 Å². The molecule has 0 aliphatic carbocycles. The van der Waals surface area contributed by atoms with Crippen LogP contribution in [0.4, 0.5) is 0 Å². The maximum atomic E-state index is 10.3. The second-order valence-electron chi connectivity index (χ2n) is 10.3. The summed E-state index contributed by atoms with van der Waals surface area (Å²) in [6, 6.07) is 0. The molecule has 0 spiro atoms. The van der Waals surface area contributed by atoms with E-state index in [1.807, 2.05) is 0 Å². The molecule has 0 aromatic rings. The van der Waals surface area contributed by atoms with Gasteiger partial charge in [-0.1, -0.05) is 155 Å². The van der Waals surface area contributed by atoms with E-state index in [-0.39, 0.29) is 13.2 Å². The van der Waals surface area contributed by atoms with Gasteiger partial charge in [-0.2, -0.15) is 16.8 Å². The van der Waals surface area contributed by atoms with Crippen LogP contribution in [0.15, 0.2) is 0 Å². The van der Waals surface area contributed by atoms with E-state index in [0.717, 1.165) is 25.7 Å². The van der Waals surface area contributed by atoms with Gasteiger partial charge in [0.1, 0.15) is 0 Å². The van der Waals surface area contributed by atoms with Crippen LogP contribution in [-0.4, -0.2) is 39.2 Å². The van der Waals surface area contributed by atoms with Crippen LogP contribution in [0.3, 0.4) is 0 Å². The fourth-order valence-electron chi connectivity index (χ4n) is 4.21. The summed E-state index contributed by atoms with van der Waals surface area (Å²) in [6.45, 7) is 4.66. The van der Waals surface area contributed by atoms with Crippen LogP contribution in [0, 0.1) is 0 Å². The molecule has 0 atom stereocenters. The lowest BCUT2D eigenvalue weighted by molar-refractivity contribution is 0.260. The third-order valence-electron chi connectivity index (χ3n) is 6.46. The predicted molar refractivity (Wildman–Crippen MR) is 157 cm³/mol. The topological polar surface area (TPSA) is 127 Å². The highest BCUT2D eigenvalue weighted by molar-refractivity contribution is 7.81. The zero-order valence-corrected chi connectivity index (χ0v) is 26.2. The highest BCUT2D eigenvalue weighted by atomic mass is 32.3. The monoisotopic (exact) mass is 588 g/mol. The molecule has 232 valence electrons. The minimum Gasteiger partial charge on any atom is -0.264 e. The first-order chi connectivity index (χ1) is 18.1. The summed E-state index contributed by atoms with van der Waals surface area (Å²) in [5.74, 6) is 0. The number of hydrogen-bond acceptors (Lipinski definition) is 6. The summed E-state index contributed by atoms with van der Waals surface area (Å²) in [7, 11) is -8.48. The molecule has 10 heteroatoms. The van der Waals surface area contributed by atoms with Gasteiger partial charge in [0.25, 0.3) is 0 Å². The second kappa shape index (κ2) is 29.7. The Hall–Kier alpha value is -0.260. The van der Waals surface area contributed by atoms with Crippen molar-refractivity contribution in [1.82, 2.24) is 0 Å². The normalized spacial score (nSPS) is 11.9.